The molecule has 4 rings (SSSR count). The fourth-order valence-electron chi connectivity index (χ4n) is 3.92. The van der Waals surface area contributed by atoms with Crippen molar-refractivity contribution in [2.45, 2.75) is 32.2 Å². The highest BCUT2D eigenvalue weighted by atomic mass is 35.5. The van der Waals surface area contributed by atoms with E-state index < -0.39 is 0 Å². The molecule has 27 heavy (non-hydrogen) atoms. The number of halogens is 1. The first-order valence-corrected chi connectivity index (χ1v) is 10.1. The summed E-state index contributed by atoms with van der Waals surface area (Å²) in [7, 11) is 0. The Balaban J connectivity index is 1.26. The van der Waals surface area contributed by atoms with Crippen LogP contribution in [0.4, 0.5) is 0 Å². The zero-order valence-electron chi connectivity index (χ0n) is 15.4. The molecular weight excluding hydrogens is 360 g/mol. The van der Waals surface area contributed by atoms with E-state index in [4.69, 9.17) is 16.1 Å². The van der Waals surface area contributed by atoms with Gasteiger partial charge in [0.15, 0.2) is 5.58 Å². The minimum Gasteiger partial charge on any atom is -0.376 e. The quantitative estimate of drug-likeness (QED) is 0.623. The van der Waals surface area contributed by atoms with Gasteiger partial charge in [-0.2, -0.15) is 4.74 Å². The summed E-state index contributed by atoms with van der Waals surface area (Å²) in [5, 5.41) is 1.20. The summed E-state index contributed by atoms with van der Waals surface area (Å²) in [5.41, 5.74) is 1.93. The van der Waals surface area contributed by atoms with Crippen LogP contribution in [0.15, 0.2) is 57.8 Å². The predicted molar refractivity (Wildman–Crippen MR) is 109 cm³/mol. The maximum Gasteiger partial charge on any atom is 0.290 e. The normalized spacial score (nSPS) is 16.2. The Bertz CT molecular complexity index is 940. The molecule has 1 aliphatic heterocycles. The standard InChI is InChI=1S/C22H25ClN2O2/c23-19-6-7-20-21(16-19)27-25(22(20)26)15-11-18-9-13-24(14-10-18)12-8-17-4-2-1-3-5-17/h1-7,16,18H,8-15H2. The highest BCUT2D eigenvalue weighted by Gasteiger charge is 2.20. The van der Waals surface area contributed by atoms with E-state index in [1.807, 2.05) is 0 Å². The average Bonchev–Trinajstić information content (AvgIpc) is 3.01. The fourth-order valence-corrected chi connectivity index (χ4v) is 4.08. The third kappa shape index (κ3) is 4.45. The first-order chi connectivity index (χ1) is 13.2. The number of hydrogen-bond acceptors (Lipinski definition) is 3. The fraction of sp³-hybridized carbons (Fsp3) is 0.409. The van der Waals surface area contributed by atoms with Crippen LogP contribution < -0.4 is 5.56 Å². The van der Waals surface area contributed by atoms with Crippen LogP contribution in [0.1, 0.15) is 24.8 Å². The second-order valence-electron chi connectivity index (χ2n) is 7.45. The van der Waals surface area contributed by atoms with Gasteiger partial charge in [-0.15, -0.1) is 0 Å². The van der Waals surface area contributed by atoms with Gasteiger partial charge in [-0.3, -0.25) is 4.79 Å². The second-order valence-corrected chi connectivity index (χ2v) is 7.88. The van der Waals surface area contributed by atoms with E-state index in [1.54, 1.807) is 18.2 Å². The Morgan fingerprint density at radius 3 is 2.59 bits per heavy atom. The Morgan fingerprint density at radius 1 is 1.04 bits per heavy atom. The SMILES string of the molecule is O=c1c2ccc(Cl)cc2on1CCC1CCN(CCc2ccccc2)CC1. The molecule has 1 saturated heterocycles. The molecule has 0 atom stereocenters. The molecule has 1 aliphatic rings. The van der Waals surface area contributed by atoms with Crippen LogP contribution in [0.5, 0.6) is 0 Å². The van der Waals surface area contributed by atoms with Gasteiger partial charge < -0.3 is 9.42 Å². The largest absolute Gasteiger partial charge is 0.376 e. The van der Waals surface area contributed by atoms with Crippen molar-refractivity contribution in [1.82, 2.24) is 9.64 Å². The highest BCUT2D eigenvalue weighted by molar-refractivity contribution is 6.31. The first kappa shape index (κ1) is 18.3. The molecule has 0 radical (unpaired) electrons. The predicted octanol–water partition coefficient (Wildman–Crippen LogP) is 4.59. The van der Waals surface area contributed by atoms with Crippen LogP contribution in [0, 0.1) is 5.92 Å². The van der Waals surface area contributed by atoms with Gasteiger partial charge in [0.25, 0.3) is 5.56 Å². The minimum absolute atomic E-state index is 0.0537. The summed E-state index contributed by atoms with van der Waals surface area (Å²) in [6.07, 6.45) is 4.48. The minimum atomic E-state index is -0.0537. The van der Waals surface area contributed by atoms with Crippen LogP contribution in [0.3, 0.4) is 0 Å². The number of aryl methyl sites for hydroxylation is 1. The number of aromatic nitrogens is 1. The van der Waals surface area contributed by atoms with Gasteiger partial charge >= 0.3 is 0 Å². The smallest absolute Gasteiger partial charge is 0.290 e. The Kier molecular flexibility index (Phi) is 5.65. The molecular formula is C22H25ClN2O2. The molecule has 0 saturated carbocycles. The number of rotatable bonds is 6. The van der Waals surface area contributed by atoms with Gasteiger partial charge in [0, 0.05) is 17.6 Å². The zero-order valence-corrected chi connectivity index (χ0v) is 16.2. The van der Waals surface area contributed by atoms with Crippen molar-refractivity contribution < 1.29 is 4.52 Å². The van der Waals surface area contributed by atoms with Gasteiger partial charge in [-0.1, -0.05) is 41.9 Å². The molecule has 2 aromatic carbocycles. The molecule has 3 aromatic rings. The molecule has 1 fully saturated rings. The van der Waals surface area contributed by atoms with E-state index >= 15 is 0 Å². The van der Waals surface area contributed by atoms with Gasteiger partial charge in [-0.25, -0.2) is 0 Å². The van der Waals surface area contributed by atoms with E-state index in [-0.39, 0.29) is 5.56 Å². The molecule has 1 aromatic heterocycles. The van der Waals surface area contributed by atoms with Gasteiger partial charge in [-0.05, 0) is 62.4 Å². The number of nitrogens with zero attached hydrogens (tertiary/aromatic N) is 2. The van der Waals surface area contributed by atoms with Crippen LogP contribution in [-0.2, 0) is 13.0 Å². The summed E-state index contributed by atoms with van der Waals surface area (Å²) in [4.78, 5) is 15.0. The van der Waals surface area contributed by atoms with Crippen molar-refractivity contribution in [1.29, 1.82) is 0 Å². The van der Waals surface area contributed by atoms with Crippen LogP contribution >= 0.6 is 11.6 Å². The molecule has 0 N–H and O–H groups in total. The lowest BCUT2D eigenvalue weighted by Gasteiger charge is -2.31. The molecule has 0 unspecified atom stereocenters. The molecule has 2 heterocycles. The van der Waals surface area contributed by atoms with Crippen molar-refractivity contribution >= 4 is 22.6 Å². The van der Waals surface area contributed by atoms with Crippen molar-refractivity contribution in [3.63, 3.8) is 0 Å². The van der Waals surface area contributed by atoms with Crippen LogP contribution in [0.25, 0.3) is 11.0 Å². The van der Waals surface area contributed by atoms with Crippen molar-refractivity contribution in [2.75, 3.05) is 19.6 Å². The maximum atomic E-state index is 12.4. The van der Waals surface area contributed by atoms with E-state index in [9.17, 15) is 4.79 Å². The maximum absolute atomic E-state index is 12.4. The summed E-state index contributed by atoms with van der Waals surface area (Å²) in [5.74, 6) is 0.654. The molecule has 0 amide bonds. The monoisotopic (exact) mass is 384 g/mol. The van der Waals surface area contributed by atoms with E-state index in [1.165, 1.54) is 23.1 Å². The zero-order chi connectivity index (χ0) is 18.6. The lowest BCUT2D eigenvalue weighted by atomic mass is 9.93. The van der Waals surface area contributed by atoms with Crippen molar-refractivity contribution in [3.05, 3.63) is 69.5 Å². The highest BCUT2D eigenvalue weighted by Crippen LogP contribution is 2.22. The van der Waals surface area contributed by atoms with Crippen molar-refractivity contribution in [3.8, 4) is 0 Å². The number of likely N-dealkylation sites (tertiary alicyclic amines) is 1. The summed E-state index contributed by atoms with van der Waals surface area (Å²) in [6.45, 7) is 4.05. The number of hydrogen-bond donors (Lipinski definition) is 0. The topological polar surface area (TPSA) is 38.4 Å². The van der Waals surface area contributed by atoms with Gasteiger partial charge in [0.2, 0.25) is 0 Å². The molecule has 0 aliphatic carbocycles. The van der Waals surface area contributed by atoms with Crippen LogP contribution in [0.2, 0.25) is 5.02 Å². The lowest BCUT2D eigenvalue weighted by Crippen LogP contribution is -2.35. The third-order valence-corrected chi connectivity index (χ3v) is 5.85. The van der Waals surface area contributed by atoms with Gasteiger partial charge in [0.1, 0.15) is 0 Å². The Morgan fingerprint density at radius 2 is 1.81 bits per heavy atom. The van der Waals surface area contributed by atoms with Crippen molar-refractivity contribution in [2.24, 2.45) is 5.92 Å². The van der Waals surface area contributed by atoms with E-state index in [0.29, 0.717) is 28.5 Å². The summed E-state index contributed by atoms with van der Waals surface area (Å²) in [6, 6.07) is 15.9. The van der Waals surface area contributed by atoms with E-state index in [0.717, 1.165) is 32.5 Å². The lowest BCUT2D eigenvalue weighted by molar-refractivity contribution is 0.166. The molecule has 0 bridgehead atoms. The van der Waals surface area contributed by atoms with Gasteiger partial charge in [0.05, 0.1) is 11.9 Å². The molecule has 4 nitrogen and oxygen atoms in total. The van der Waals surface area contributed by atoms with E-state index in [2.05, 4.69) is 35.2 Å². The first-order valence-electron chi connectivity index (χ1n) is 9.75. The second kappa shape index (κ2) is 8.32. The summed E-state index contributed by atoms with van der Waals surface area (Å²) < 4.78 is 7.18. The average molecular weight is 385 g/mol. The van der Waals surface area contributed by atoms with Crippen LogP contribution in [-0.4, -0.2) is 29.3 Å². The Hall–Kier alpha value is -2.04. The number of benzene rings is 2. The summed E-state index contributed by atoms with van der Waals surface area (Å²) >= 11 is 5.98. The molecule has 0 spiro atoms. The molecule has 5 heteroatoms. The third-order valence-electron chi connectivity index (χ3n) is 5.62. The Labute approximate surface area is 164 Å². The molecule has 142 valence electrons. The number of fused-ring (bicyclic) bond motifs is 1. The number of piperidine rings is 1.